The van der Waals surface area contributed by atoms with E-state index in [2.05, 4.69) is 46.3 Å². The molecule has 0 bridgehead atoms. The number of allylic oxidation sites excluding steroid dienone is 1. The van der Waals surface area contributed by atoms with Gasteiger partial charge in [-0.15, -0.1) is 0 Å². The summed E-state index contributed by atoms with van der Waals surface area (Å²) in [5.74, 6) is 1.48. The molecule has 0 spiro atoms. The number of ether oxygens (including phenoxy) is 2. The van der Waals surface area contributed by atoms with Crippen LogP contribution in [-0.4, -0.2) is 18.8 Å². The van der Waals surface area contributed by atoms with E-state index in [-0.39, 0.29) is 11.6 Å². The summed E-state index contributed by atoms with van der Waals surface area (Å²) in [5.41, 5.74) is 6.39. The minimum atomic E-state index is -0.244. The fourth-order valence-electron chi connectivity index (χ4n) is 5.09. The lowest BCUT2D eigenvalue weighted by Crippen LogP contribution is -2.38. The molecule has 3 aromatic carbocycles. The third-order valence-corrected chi connectivity index (χ3v) is 8.24. The molecule has 2 heterocycles. The first-order valence-electron chi connectivity index (χ1n) is 11.7. The topological polar surface area (TPSA) is 52.8 Å². The molecule has 4 aromatic rings. The van der Waals surface area contributed by atoms with E-state index < -0.39 is 0 Å². The van der Waals surface area contributed by atoms with E-state index >= 15 is 0 Å². The summed E-state index contributed by atoms with van der Waals surface area (Å²) in [7, 11) is 3.30. The number of methoxy groups -OCH3 is 2. The molecule has 1 aliphatic heterocycles. The summed E-state index contributed by atoms with van der Waals surface area (Å²) in [4.78, 5) is 19.7. The Hall–Kier alpha value is -3.42. The zero-order valence-corrected chi connectivity index (χ0v) is 22.2. The minimum absolute atomic E-state index is 0.0565. The van der Waals surface area contributed by atoms with Crippen molar-refractivity contribution < 1.29 is 9.47 Å². The zero-order valence-electron chi connectivity index (χ0n) is 19.8. The van der Waals surface area contributed by atoms with E-state index in [4.69, 9.17) is 14.5 Å². The highest BCUT2D eigenvalue weighted by atomic mass is 79.9. The van der Waals surface area contributed by atoms with Crippen LogP contribution in [0.4, 0.5) is 0 Å². The third kappa shape index (κ3) is 3.83. The van der Waals surface area contributed by atoms with Crippen molar-refractivity contribution in [2.75, 3.05) is 14.2 Å². The summed E-state index contributed by atoms with van der Waals surface area (Å²) in [5, 5.41) is 0. The predicted molar refractivity (Wildman–Crippen MR) is 146 cm³/mol. The van der Waals surface area contributed by atoms with Crippen molar-refractivity contribution in [2.24, 2.45) is 4.99 Å². The summed E-state index contributed by atoms with van der Waals surface area (Å²) in [6.45, 7) is 0. The Morgan fingerprint density at radius 2 is 1.89 bits per heavy atom. The van der Waals surface area contributed by atoms with Gasteiger partial charge in [-0.3, -0.25) is 9.36 Å². The van der Waals surface area contributed by atoms with Crippen LogP contribution in [0.1, 0.15) is 34.7 Å². The molecule has 0 saturated heterocycles. The van der Waals surface area contributed by atoms with Crippen LogP contribution in [0.25, 0.3) is 11.8 Å². The summed E-state index contributed by atoms with van der Waals surface area (Å²) in [6, 6.07) is 22.0. The van der Waals surface area contributed by atoms with Crippen molar-refractivity contribution in [1.29, 1.82) is 0 Å². The largest absolute Gasteiger partial charge is 0.497 e. The first-order chi connectivity index (χ1) is 17.6. The van der Waals surface area contributed by atoms with Crippen molar-refractivity contribution in [3.8, 4) is 11.5 Å². The van der Waals surface area contributed by atoms with E-state index in [0.717, 1.165) is 45.5 Å². The summed E-state index contributed by atoms with van der Waals surface area (Å²) < 4.78 is 14.5. The lowest BCUT2D eigenvalue weighted by atomic mass is 9.83. The molecule has 5 nitrogen and oxygen atoms in total. The van der Waals surface area contributed by atoms with Crippen molar-refractivity contribution in [3.05, 3.63) is 119 Å². The minimum Gasteiger partial charge on any atom is -0.497 e. The predicted octanol–water partition coefficient (Wildman–Crippen LogP) is 5.10. The van der Waals surface area contributed by atoms with Crippen LogP contribution in [0.5, 0.6) is 11.5 Å². The molecule has 0 fully saturated rings. The van der Waals surface area contributed by atoms with Gasteiger partial charge >= 0.3 is 0 Å². The van der Waals surface area contributed by atoms with Crippen LogP contribution in [0, 0.1) is 0 Å². The molecule has 1 aromatic heterocycles. The highest BCUT2D eigenvalue weighted by molar-refractivity contribution is 9.10. The molecule has 1 aliphatic carbocycles. The van der Waals surface area contributed by atoms with Gasteiger partial charge in [0.05, 0.1) is 30.5 Å². The van der Waals surface area contributed by atoms with Gasteiger partial charge < -0.3 is 9.47 Å². The smallest absolute Gasteiger partial charge is 0.271 e. The van der Waals surface area contributed by atoms with E-state index in [1.807, 2.05) is 47.0 Å². The number of thiazole rings is 1. The van der Waals surface area contributed by atoms with Gasteiger partial charge in [0.1, 0.15) is 11.5 Å². The normalized spacial score (nSPS) is 16.6. The molecule has 36 heavy (non-hydrogen) atoms. The molecule has 1 unspecified atom stereocenters. The number of aryl methyl sites for hydroxylation is 1. The monoisotopic (exact) mass is 558 g/mol. The lowest BCUT2D eigenvalue weighted by molar-refractivity contribution is 0.413. The molecular formula is C29H23BrN2O3S. The second kappa shape index (κ2) is 9.22. The Labute approximate surface area is 220 Å². The Morgan fingerprint density at radius 1 is 1.03 bits per heavy atom. The van der Waals surface area contributed by atoms with Crippen LogP contribution in [0.2, 0.25) is 0 Å². The molecule has 2 aliphatic rings. The molecule has 180 valence electrons. The number of fused-ring (bicyclic) bond motifs is 3. The number of halogens is 1. The Kier molecular flexibility index (Phi) is 5.90. The van der Waals surface area contributed by atoms with E-state index in [0.29, 0.717) is 15.1 Å². The van der Waals surface area contributed by atoms with Gasteiger partial charge in [0.2, 0.25) is 0 Å². The van der Waals surface area contributed by atoms with Gasteiger partial charge in [-0.2, -0.15) is 0 Å². The molecule has 0 radical (unpaired) electrons. The zero-order chi connectivity index (χ0) is 24.8. The lowest BCUT2D eigenvalue weighted by Gasteiger charge is -2.31. The first-order valence-corrected chi connectivity index (χ1v) is 13.3. The van der Waals surface area contributed by atoms with E-state index in [1.165, 1.54) is 22.5 Å². The number of benzene rings is 3. The molecule has 1 atom stereocenters. The van der Waals surface area contributed by atoms with Gasteiger partial charge in [-0.05, 0) is 65.9 Å². The first kappa shape index (κ1) is 23.0. The molecule has 7 heteroatoms. The molecule has 0 amide bonds. The number of rotatable bonds is 4. The van der Waals surface area contributed by atoms with Crippen molar-refractivity contribution in [2.45, 2.75) is 18.9 Å². The maximum absolute atomic E-state index is 13.9. The average molecular weight is 559 g/mol. The van der Waals surface area contributed by atoms with Gasteiger partial charge in [-0.25, -0.2) is 4.99 Å². The van der Waals surface area contributed by atoms with Crippen LogP contribution in [0.15, 0.2) is 86.6 Å². The van der Waals surface area contributed by atoms with Gasteiger partial charge in [0.25, 0.3) is 5.56 Å². The summed E-state index contributed by atoms with van der Waals surface area (Å²) >= 11 is 4.94. The second-order valence-electron chi connectivity index (χ2n) is 8.78. The molecular weight excluding hydrogens is 536 g/mol. The molecule has 0 N–H and O–H groups in total. The van der Waals surface area contributed by atoms with Gasteiger partial charge in [0.15, 0.2) is 4.80 Å². The molecule has 0 saturated carbocycles. The summed E-state index contributed by atoms with van der Waals surface area (Å²) in [6.07, 6.45) is 3.67. The van der Waals surface area contributed by atoms with Gasteiger partial charge in [-0.1, -0.05) is 63.7 Å². The molecule has 6 rings (SSSR count). The SMILES string of the molecule is COc1cccc(C2C3=C(N=c4sc(=Cc5cc(Br)ccc5OC)c(=O)n42)c2ccccc2CC3)c1. The number of nitrogens with zero attached hydrogens (tertiary/aromatic N) is 2. The number of hydrogen-bond donors (Lipinski definition) is 0. The van der Waals surface area contributed by atoms with Gasteiger partial charge in [0, 0.05) is 15.6 Å². The number of hydrogen-bond acceptors (Lipinski definition) is 5. The standard InChI is InChI=1S/C29H23BrN2O3S/c1-34-21-8-5-7-18(15-21)27-23-12-10-17-6-3-4-9-22(17)26(23)31-29-32(27)28(33)25(36-29)16-19-14-20(30)11-13-24(19)35-2/h3-9,11,13-16,27H,10,12H2,1-2H3. The average Bonchev–Trinajstić information content (AvgIpc) is 3.21. The van der Waals surface area contributed by atoms with Crippen LogP contribution >= 0.6 is 27.3 Å². The Balaban J connectivity index is 1.63. The van der Waals surface area contributed by atoms with Crippen molar-refractivity contribution >= 4 is 39.0 Å². The van der Waals surface area contributed by atoms with Crippen LogP contribution in [-0.2, 0) is 6.42 Å². The fraction of sp³-hybridized carbons (Fsp3) is 0.172. The van der Waals surface area contributed by atoms with Crippen LogP contribution < -0.4 is 24.4 Å². The maximum atomic E-state index is 13.9. The van der Waals surface area contributed by atoms with Crippen LogP contribution in [0.3, 0.4) is 0 Å². The number of aromatic nitrogens is 1. The van der Waals surface area contributed by atoms with E-state index in [1.54, 1.807) is 14.2 Å². The van der Waals surface area contributed by atoms with Crippen molar-refractivity contribution in [3.63, 3.8) is 0 Å². The highest BCUT2D eigenvalue weighted by Crippen LogP contribution is 2.41. The van der Waals surface area contributed by atoms with Crippen molar-refractivity contribution in [1.82, 2.24) is 4.57 Å². The Bertz CT molecular complexity index is 1720. The third-order valence-electron chi connectivity index (χ3n) is 6.76. The Morgan fingerprint density at radius 3 is 2.72 bits per heavy atom. The fourth-order valence-corrected chi connectivity index (χ4v) is 6.46. The quantitative estimate of drug-likeness (QED) is 0.350. The second-order valence-corrected chi connectivity index (χ2v) is 10.7. The highest BCUT2D eigenvalue weighted by Gasteiger charge is 2.32. The van der Waals surface area contributed by atoms with E-state index in [9.17, 15) is 4.79 Å². The maximum Gasteiger partial charge on any atom is 0.271 e.